The maximum atomic E-state index is 4.51. The highest BCUT2D eigenvalue weighted by atomic mass is 15.3. The second kappa shape index (κ2) is 6.79. The summed E-state index contributed by atoms with van der Waals surface area (Å²) in [6, 6.07) is 0. The van der Waals surface area contributed by atoms with Crippen molar-refractivity contribution in [2.24, 2.45) is 7.05 Å². The zero-order valence-corrected chi connectivity index (χ0v) is 14.8. The highest BCUT2D eigenvalue weighted by Crippen LogP contribution is 2.26. The number of aromatic nitrogens is 7. The minimum atomic E-state index is 0.423. The summed E-state index contributed by atoms with van der Waals surface area (Å²) < 4.78 is 4.25. The molecule has 8 heteroatoms. The normalized spacial score (nSPS) is 18.7. The second-order valence-corrected chi connectivity index (χ2v) is 6.79. The number of aromatic amines is 1. The van der Waals surface area contributed by atoms with E-state index in [1.54, 1.807) is 6.33 Å². The SMILES string of the molecule is Cc1nccn1Cc1nnc(C2CCCN(Cc3cnc[nH]3)C2)n1C. The minimum Gasteiger partial charge on any atom is -0.347 e. The summed E-state index contributed by atoms with van der Waals surface area (Å²) >= 11 is 0. The first kappa shape index (κ1) is 16.0. The number of likely N-dealkylation sites (tertiary alicyclic amines) is 1. The number of rotatable bonds is 5. The molecule has 1 unspecified atom stereocenters. The van der Waals surface area contributed by atoms with Gasteiger partial charge < -0.3 is 14.1 Å². The Balaban J connectivity index is 1.47. The van der Waals surface area contributed by atoms with E-state index in [1.165, 1.54) is 6.42 Å². The minimum absolute atomic E-state index is 0.423. The van der Waals surface area contributed by atoms with E-state index in [-0.39, 0.29) is 0 Å². The largest absolute Gasteiger partial charge is 0.347 e. The Labute approximate surface area is 146 Å². The number of H-pyrrole nitrogens is 1. The molecule has 4 rings (SSSR count). The Kier molecular flexibility index (Phi) is 4.35. The maximum Gasteiger partial charge on any atom is 0.152 e. The molecule has 3 aromatic heterocycles. The first-order chi connectivity index (χ1) is 12.2. The summed E-state index contributed by atoms with van der Waals surface area (Å²) in [5, 5.41) is 8.95. The van der Waals surface area contributed by atoms with Gasteiger partial charge in [-0.15, -0.1) is 10.2 Å². The van der Waals surface area contributed by atoms with Gasteiger partial charge >= 0.3 is 0 Å². The number of nitrogens with zero attached hydrogens (tertiary/aromatic N) is 7. The third kappa shape index (κ3) is 3.34. The maximum absolute atomic E-state index is 4.51. The van der Waals surface area contributed by atoms with E-state index in [4.69, 9.17) is 0 Å². The third-order valence-corrected chi connectivity index (χ3v) is 5.05. The number of hydrogen-bond acceptors (Lipinski definition) is 5. The molecule has 8 nitrogen and oxygen atoms in total. The molecule has 0 bridgehead atoms. The summed E-state index contributed by atoms with van der Waals surface area (Å²) in [4.78, 5) is 14.0. The number of piperidine rings is 1. The van der Waals surface area contributed by atoms with Crippen molar-refractivity contribution in [2.45, 2.75) is 38.8 Å². The number of hydrogen-bond donors (Lipinski definition) is 1. The molecule has 1 fully saturated rings. The van der Waals surface area contributed by atoms with Gasteiger partial charge in [0, 0.05) is 50.3 Å². The predicted octanol–water partition coefficient (Wildman–Crippen LogP) is 1.47. The highest BCUT2D eigenvalue weighted by molar-refractivity contribution is 5.06. The van der Waals surface area contributed by atoms with Crippen LogP contribution >= 0.6 is 0 Å². The van der Waals surface area contributed by atoms with Crippen LogP contribution in [0.5, 0.6) is 0 Å². The van der Waals surface area contributed by atoms with Crippen LogP contribution in [-0.4, -0.2) is 52.3 Å². The van der Waals surface area contributed by atoms with Crippen LogP contribution in [0.3, 0.4) is 0 Å². The zero-order valence-electron chi connectivity index (χ0n) is 14.8. The number of nitrogens with one attached hydrogen (secondary N) is 1. The van der Waals surface area contributed by atoms with E-state index in [0.29, 0.717) is 12.5 Å². The van der Waals surface area contributed by atoms with Gasteiger partial charge in [-0.05, 0) is 26.3 Å². The van der Waals surface area contributed by atoms with Gasteiger partial charge in [0.15, 0.2) is 5.82 Å². The van der Waals surface area contributed by atoms with Crippen LogP contribution in [0.15, 0.2) is 24.9 Å². The lowest BCUT2D eigenvalue weighted by Gasteiger charge is -2.31. The molecule has 1 aliphatic rings. The molecule has 0 spiro atoms. The van der Waals surface area contributed by atoms with Crippen molar-refractivity contribution in [3.8, 4) is 0 Å². The van der Waals surface area contributed by atoms with Gasteiger partial charge in [-0.1, -0.05) is 0 Å². The lowest BCUT2D eigenvalue weighted by molar-refractivity contribution is 0.193. The van der Waals surface area contributed by atoms with Gasteiger partial charge in [-0.2, -0.15) is 0 Å². The molecule has 3 aromatic rings. The molecular weight excluding hydrogens is 316 g/mol. The molecule has 0 saturated carbocycles. The van der Waals surface area contributed by atoms with Crippen LogP contribution in [0.4, 0.5) is 0 Å². The van der Waals surface area contributed by atoms with Gasteiger partial charge in [0.2, 0.25) is 0 Å². The first-order valence-corrected chi connectivity index (χ1v) is 8.76. The smallest absolute Gasteiger partial charge is 0.152 e. The molecule has 1 saturated heterocycles. The van der Waals surface area contributed by atoms with Crippen LogP contribution in [0, 0.1) is 6.92 Å². The standard InChI is InChI=1S/C17H24N8/c1-13-19-5-7-25(13)11-16-21-22-17(23(16)2)14-4-3-6-24(9-14)10-15-8-18-12-20-15/h5,7-8,12,14H,3-4,6,9-11H2,1-2H3,(H,18,20). The first-order valence-electron chi connectivity index (χ1n) is 8.76. The Hall–Kier alpha value is -2.48. The van der Waals surface area contributed by atoms with E-state index < -0.39 is 0 Å². The average molecular weight is 340 g/mol. The lowest BCUT2D eigenvalue weighted by Crippen LogP contribution is -2.35. The highest BCUT2D eigenvalue weighted by Gasteiger charge is 2.26. The van der Waals surface area contributed by atoms with Crippen LogP contribution in [0.25, 0.3) is 0 Å². The van der Waals surface area contributed by atoms with Crippen molar-refractivity contribution in [1.29, 1.82) is 0 Å². The fraction of sp³-hybridized carbons (Fsp3) is 0.529. The Morgan fingerprint density at radius 1 is 1.28 bits per heavy atom. The van der Waals surface area contributed by atoms with Crippen LogP contribution in [0.1, 0.15) is 41.9 Å². The van der Waals surface area contributed by atoms with E-state index in [0.717, 1.165) is 49.2 Å². The summed E-state index contributed by atoms with van der Waals surface area (Å²) in [5.41, 5.74) is 1.16. The topological polar surface area (TPSA) is 80.5 Å². The fourth-order valence-electron chi connectivity index (χ4n) is 3.61. The lowest BCUT2D eigenvalue weighted by atomic mass is 9.97. The summed E-state index contributed by atoms with van der Waals surface area (Å²) in [6.45, 7) is 5.75. The molecular formula is C17H24N8. The zero-order chi connectivity index (χ0) is 17.2. The van der Waals surface area contributed by atoms with Gasteiger partial charge in [-0.3, -0.25) is 4.90 Å². The van der Waals surface area contributed by atoms with Crippen molar-refractivity contribution >= 4 is 0 Å². The van der Waals surface area contributed by atoms with Crippen molar-refractivity contribution in [1.82, 2.24) is 39.2 Å². The molecule has 0 radical (unpaired) electrons. The number of imidazole rings is 2. The molecule has 132 valence electrons. The molecule has 1 aliphatic heterocycles. The van der Waals surface area contributed by atoms with Crippen molar-refractivity contribution in [2.75, 3.05) is 13.1 Å². The van der Waals surface area contributed by atoms with Gasteiger partial charge in [0.25, 0.3) is 0 Å². The van der Waals surface area contributed by atoms with E-state index in [2.05, 4.69) is 46.2 Å². The van der Waals surface area contributed by atoms with Crippen LogP contribution in [0.2, 0.25) is 0 Å². The molecule has 1 N–H and O–H groups in total. The van der Waals surface area contributed by atoms with E-state index >= 15 is 0 Å². The molecule has 0 aromatic carbocycles. The van der Waals surface area contributed by atoms with Crippen molar-refractivity contribution < 1.29 is 0 Å². The van der Waals surface area contributed by atoms with Crippen LogP contribution in [-0.2, 0) is 20.1 Å². The van der Waals surface area contributed by atoms with Crippen LogP contribution < -0.4 is 0 Å². The Morgan fingerprint density at radius 3 is 2.96 bits per heavy atom. The van der Waals surface area contributed by atoms with Gasteiger partial charge in [0.1, 0.15) is 11.6 Å². The van der Waals surface area contributed by atoms with Crippen molar-refractivity contribution in [3.63, 3.8) is 0 Å². The van der Waals surface area contributed by atoms with Gasteiger partial charge in [0.05, 0.1) is 12.9 Å². The summed E-state index contributed by atoms with van der Waals surface area (Å²) in [6.07, 6.45) is 9.79. The molecule has 0 amide bonds. The summed E-state index contributed by atoms with van der Waals surface area (Å²) in [5.74, 6) is 3.48. The summed E-state index contributed by atoms with van der Waals surface area (Å²) in [7, 11) is 2.07. The fourth-order valence-corrected chi connectivity index (χ4v) is 3.61. The Bertz CT molecular complexity index is 816. The molecule has 25 heavy (non-hydrogen) atoms. The Morgan fingerprint density at radius 2 is 2.20 bits per heavy atom. The monoisotopic (exact) mass is 340 g/mol. The molecule has 0 aliphatic carbocycles. The van der Waals surface area contributed by atoms with E-state index in [9.17, 15) is 0 Å². The molecule has 4 heterocycles. The molecule has 1 atom stereocenters. The predicted molar refractivity (Wildman–Crippen MR) is 92.9 cm³/mol. The quantitative estimate of drug-likeness (QED) is 0.761. The number of aryl methyl sites for hydroxylation is 1. The van der Waals surface area contributed by atoms with Gasteiger partial charge in [-0.25, -0.2) is 9.97 Å². The van der Waals surface area contributed by atoms with Crippen molar-refractivity contribution in [3.05, 3.63) is 48.1 Å². The third-order valence-electron chi connectivity index (χ3n) is 5.05. The van der Waals surface area contributed by atoms with E-state index in [1.807, 2.05) is 25.5 Å². The second-order valence-electron chi connectivity index (χ2n) is 6.79. The average Bonchev–Trinajstić information content (AvgIpc) is 3.33.